The predicted octanol–water partition coefficient (Wildman–Crippen LogP) is 4.44. The standard InChI is InChI=1S/C23H23FN2O2.C2HF3O2/c24-21-6-1-3-17(15-21)11-12-26-13-14-28-22-9-7-18(8-10-22)19-4-2-5-20(16-19)23(25)27;3-2(4,5)1(6)7/h1-10,15-16,26H,11-14H2,(H2,25,27);(H,6,7). The number of halogens is 4. The molecule has 0 aromatic heterocycles. The van der Waals surface area contributed by atoms with Gasteiger partial charge < -0.3 is 20.9 Å². The summed E-state index contributed by atoms with van der Waals surface area (Å²) in [4.78, 5) is 20.2. The van der Waals surface area contributed by atoms with Gasteiger partial charge in [-0.3, -0.25) is 4.79 Å². The lowest BCUT2D eigenvalue weighted by Gasteiger charge is -2.09. The number of primary amides is 1. The molecule has 1 amide bonds. The maximum atomic E-state index is 13.1. The fraction of sp³-hybridized carbons (Fsp3) is 0.200. The fourth-order valence-electron chi connectivity index (χ4n) is 2.89. The lowest BCUT2D eigenvalue weighted by molar-refractivity contribution is -0.192. The van der Waals surface area contributed by atoms with E-state index in [0.717, 1.165) is 35.4 Å². The monoisotopic (exact) mass is 492 g/mol. The highest BCUT2D eigenvalue weighted by Crippen LogP contribution is 2.23. The summed E-state index contributed by atoms with van der Waals surface area (Å²) in [5.74, 6) is -2.62. The Morgan fingerprint density at radius 2 is 1.57 bits per heavy atom. The molecule has 4 N–H and O–H groups in total. The molecule has 10 heteroatoms. The molecule has 3 aromatic rings. The van der Waals surface area contributed by atoms with Gasteiger partial charge in [-0.1, -0.05) is 36.4 Å². The average molecular weight is 492 g/mol. The van der Waals surface area contributed by atoms with Gasteiger partial charge in [0.05, 0.1) is 0 Å². The van der Waals surface area contributed by atoms with Crippen molar-refractivity contribution in [1.82, 2.24) is 5.32 Å². The number of hydrogen-bond acceptors (Lipinski definition) is 4. The van der Waals surface area contributed by atoms with Crippen molar-refractivity contribution in [3.63, 3.8) is 0 Å². The Morgan fingerprint density at radius 1 is 0.914 bits per heavy atom. The lowest BCUT2D eigenvalue weighted by atomic mass is 10.0. The molecule has 3 rings (SSSR count). The SMILES string of the molecule is NC(=O)c1cccc(-c2ccc(OCCNCCc3cccc(F)c3)cc2)c1.O=C(O)C(F)(F)F. The van der Waals surface area contributed by atoms with E-state index in [4.69, 9.17) is 20.4 Å². The van der Waals surface area contributed by atoms with E-state index in [1.165, 1.54) is 6.07 Å². The molecule has 0 bridgehead atoms. The van der Waals surface area contributed by atoms with Crippen LogP contribution in [0, 0.1) is 5.82 Å². The van der Waals surface area contributed by atoms with Crippen molar-refractivity contribution in [2.24, 2.45) is 5.73 Å². The molecule has 186 valence electrons. The van der Waals surface area contributed by atoms with Crippen LogP contribution in [0.2, 0.25) is 0 Å². The maximum absolute atomic E-state index is 13.1. The summed E-state index contributed by atoms with van der Waals surface area (Å²) in [6.07, 6.45) is -4.31. The molecule has 0 spiro atoms. The van der Waals surface area contributed by atoms with Crippen molar-refractivity contribution in [3.8, 4) is 16.9 Å². The summed E-state index contributed by atoms with van der Waals surface area (Å²) >= 11 is 0. The van der Waals surface area contributed by atoms with Crippen LogP contribution in [0.25, 0.3) is 11.1 Å². The first kappa shape index (κ1) is 27.3. The van der Waals surface area contributed by atoms with E-state index in [9.17, 15) is 22.4 Å². The van der Waals surface area contributed by atoms with Gasteiger partial charge in [-0.2, -0.15) is 13.2 Å². The zero-order valence-corrected chi connectivity index (χ0v) is 18.5. The van der Waals surface area contributed by atoms with E-state index in [1.807, 2.05) is 42.5 Å². The molecule has 0 aliphatic heterocycles. The van der Waals surface area contributed by atoms with Crippen LogP contribution in [0.15, 0.2) is 72.8 Å². The van der Waals surface area contributed by atoms with Gasteiger partial charge in [-0.05, 0) is 66.1 Å². The van der Waals surface area contributed by atoms with Gasteiger partial charge in [0.15, 0.2) is 0 Å². The summed E-state index contributed by atoms with van der Waals surface area (Å²) < 4.78 is 50.6. The highest BCUT2D eigenvalue weighted by atomic mass is 19.4. The molecular formula is C25H24F4N2O4. The first-order valence-electron chi connectivity index (χ1n) is 10.4. The smallest absolute Gasteiger partial charge is 0.490 e. The summed E-state index contributed by atoms with van der Waals surface area (Å²) in [6.45, 7) is 2.01. The Labute approximate surface area is 199 Å². The molecule has 0 unspecified atom stereocenters. The third kappa shape index (κ3) is 9.85. The number of ether oxygens (including phenoxy) is 1. The van der Waals surface area contributed by atoms with Gasteiger partial charge in [0, 0.05) is 12.1 Å². The number of aliphatic carboxylic acids is 1. The number of alkyl halides is 3. The number of carboxylic acid groups (broad SMARTS) is 1. The molecule has 0 aliphatic carbocycles. The van der Waals surface area contributed by atoms with Crippen molar-refractivity contribution in [2.75, 3.05) is 19.7 Å². The Kier molecular flexibility index (Phi) is 10.2. The number of carboxylic acids is 1. The van der Waals surface area contributed by atoms with E-state index in [1.54, 1.807) is 24.3 Å². The molecular weight excluding hydrogens is 468 g/mol. The van der Waals surface area contributed by atoms with Crippen LogP contribution in [0.3, 0.4) is 0 Å². The Morgan fingerprint density at radius 3 is 2.17 bits per heavy atom. The minimum absolute atomic E-state index is 0.203. The second-order valence-electron chi connectivity index (χ2n) is 7.25. The second kappa shape index (κ2) is 13.1. The van der Waals surface area contributed by atoms with Gasteiger partial charge in [-0.15, -0.1) is 0 Å². The highest BCUT2D eigenvalue weighted by Gasteiger charge is 2.38. The molecule has 0 heterocycles. The lowest BCUT2D eigenvalue weighted by Crippen LogP contribution is -2.23. The minimum atomic E-state index is -5.08. The first-order valence-corrected chi connectivity index (χ1v) is 10.4. The van der Waals surface area contributed by atoms with E-state index in [2.05, 4.69) is 5.32 Å². The number of carbonyl (C=O) groups is 2. The summed E-state index contributed by atoms with van der Waals surface area (Å²) in [5.41, 5.74) is 8.72. The van der Waals surface area contributed by atoms with Gasteiger partial charge >= 0.3 is 12.1 Å². The van der Waals surface area contributed by atoms with E-state index in [-0.39, 0.29) is 5.82 Å². The number of benzene rings is 3. The number of rotatable bonds is 9. The molecule has 0 saturated carbocycles. The van der Waals surface area contributed by atoms with Crippen LogP contribution < -0.4 is 15.8 Å². The Bertz CT molecular complexity index is 1120. The zero-order valence-electron chi connectivity index (χ0n) is 18.5. The topological polar surface area (TPSA) is 102 Å². The molecule has 0 fully saturated rings. The number of nitrogens with one attached hydrogen (secondary N) is 1. The fourth-order valence-corrected chi connectivity index (χ4v) is 2.89. The molecule has 3 aromatic carbocycles. The molecule has 0 saturated heterocycles. The molecule has 0 atom stereocenters. The van der Waals surface area contributed by atoms with Crippen LogP contribution in [0.5, 0.6) is 5.75 Å². The Hall–Kier alpha value is -3.92. The number of amides is 1. The third-order valence-electron chi connectivity index (χ3n) is 4.60. The minimum Gasteiger partial charge on any atom is -0.492 e. The van der Waals surface area contributed by atoms with Crippen molar-refractivity contribution in [3.05, 3.63) is 89.7 Å². The van der Waals surface area contributed by atoms with Crippen molar-refractivity contribution in [2.45, 2.75) is 12.6 Å². The van der Waals surface area contributed by atoms with Gasteiger partial charge in [0.25, 0.3) is 0 Å². The van der Waals surface area contributed by atoms with Crippen molar-refractivity contribution >= 4 is 11.9 Å². The summed E-state index contributed by atoms with van der Waals surface area (Å²) in [6, 6.07) is 21.6. The molecule has 0 radical (unpaired) electrons. The predicted molar refractivity (Wildman–Crippen MR) is 123 cm³/mol. The highest BCUT2D eigenvalue weighted by molar-refractivity contribution is 5.94. The van der Waals surface area contributed by atoms with E-state index in [0.29, 0.717) is 18.7 Å². The van der Waals surface area contributed by atoms with Crippen LogP contribution in [-0.4, -0.2) is 42.9 Å². The first-order chi connectivity index (χ1) is 16.6. The van der Waals surface area contributed by atoms with E-state index < -0.39 is 18.1 Å². The van der Waals surface area contributed by atoms with Crippen LogP contribution in [-0.2, 0) is 11.2 Å². The molecule has 35 heavy (non-hydrogen) atoms. The Balaban J connectivity index is 0.000000540. The van der Waals surface area contributed by atoms with Gasteiger partial charge in [0.2, 0.25) is 5.91 Å². The zero-order chi connectivity index (χ0) is 25.8. The number of nitrogens with two attached hydrogens (primary N) is 1. The maximum Gasteiger partial charge on any atom is 0.490 e. The van der Waals surface area contributed by atoms with Gasteiger partial charge in [0.1, 0.15) is 18.2 Å². The second-order valence-corrected chi connectivity index (χ2v) is 7.25. The van der Waals surface area contributed by atoms with Crippen LogP contribution in [0.4, 0.5) is 17.6 Å². The normalized spacial score (nSPS) is 10.7. The quantitative estimate of drug-likeness (QED) is 0.303. The van der Waals surface area contributed by atoms with Crippen LogP contribution >= 0.6 is 0 Å². The number of carbonyl (C=O) groups excluding carboxylic acids is 1. The molecule has 6 nitrogen and oxygen atoms in total. The third-order valence-corrected chi connectivity index (χ3v) is 4.60. The summed E-state index contributed by atoms with van der Waals surface area (Å²) in [7, 11) is 0. The largest absolute Gasteiger partial charge is 0.492 e. The van der Waals surface area contributed by atoms with E-state index >= 15 is 0 Å². The van der Waals surface area contributed by atoms with Crippen molar-refractivity contribution in [1.29, 1.82) is 0 Å². The summed E-state index contributed by atoms with van der Waals surface area (Å²) in [5, 5.41) is 10.4. The van der Waals surface area contributed by atoms with Crippen LogP contribution in [0.1, 0.15) is 15.9 Å². The number of hydrogen-bond donors (Lipinski definition) is 3. The average Bonchev–Trinajstić information content (AvgIpc) is 2.81. The molecule has 0 aliphatic rings. The van der Waals surface area contributed by atoms with Gasteiger partial charge in [-0.25, -0.2) is 9.18 Å². The van der Waals surface area contributed by atoms with Crippen molar-refractivity contribution < 1.29 is 37.0 Å².